The lowest BCUT2D eigenvalue weighted by Crippen LogP contribution is -2.16. The largest absolute Gasteiger partial charge is 0.486 e. The third-order valence-corrected chi connectivity index (χ3v) is 3.92. The third-order valence-electron chi connectivity index (χ3n) is 3.33. The first-order chi connectivity index (χ1) is 8.61. The highest BCUT2D eigenvalue weighted by atomic mass is 79.9. The normalized spacial score (nSPS) is 17.3. The number of hydrogen-bond donors (Lipinski definition) is 1. The predicted molar refractivity (Wildman–Crippen MR) is 74.2 cm³/mol. The third kappa shape index (κ3) is 2.98. The Morgan fingerprint density at radius 3 is 2.78 bits per heavy atom. The van der Waals surface area contributed by atoms with Crippen LogP contribution in [0, 0.1) is 5.92 Å². The quantitative estimate of drug-likeness (QED) is 0.921. The molecule has 1 aliphatic rings. The maximum atomic E-state index is 10.2. The van der Waals surface area contributed by atoms with Crippen molar-refractivity contribution in [1.82, 2.24) is 0 Å². The molecule has 1 heterocycles. The van der Waals surface area contributed by atoms with Crippen molar-refractivity contribution >= 4 is 15.9 Å². The summed E-state index contributed by atoms with van der Waals surface area (Å²) in [4.78, 5) is 0. The first kappa shape index (κ1) is 13.7. The number of ether oxygens (including phenoxy) is 2. The molecule has 4 heteroatoms. The van der Waals surface area contributed by atoms with Gasteiger partial charge in [-0.1, -0.05) is 20.3 Å². The van der Waals surface area contributed by atoms with Crippen molar-refractivity contribution < 1.29 is 14.6 Å². The van der Waals surface area contributed by atoms with Crippen molar-refractivity contribution in [3.05, 3.63) is 22.2 Å². The van der Waals surface area contributed by atoms with Crippen molar-refractivity contribution in [2.75, 3.05) is 13.2 Å². The van der Waals surface area contributed by atoms with Crippen LogP contribution in [0.5, 0.6) is 11.5 Å². The van der Waals surface area contributed by atoms with Crippen LogP contribution in [-0.4, -0.2) is 18.3 Å². The minimum atomic E-state index is -0.452. The van der Waals surface area contributed by atoms with Gasteiger partial charge in [0.1, 0.15) is 13.2 Å². The number of rotatable bonds is 4. The lowest BCUT2D eigenvalue weighted by atomic mass is 9.96. The van der Waals surface area contributed by atoms with E-state index in [9.17, 15) is 5.11 Å². The molecular weight excluding hydrogens is 296 g/mol. The van der Waals surface area contributed by atoms with E-state index in [-0.39, 0.29) is 0 Å². The van der Waals surface area contributed by atoms with Gasteiger partial charge >= 0.3 is 0 Å². The Morgan fingerprint density at radius 2 is 2.06 bits per heavy atom. The van der Waals surface area contributed by atoms with Gasteiger partial charge in [0.2, 0.25) is 0 Å². The smallest absolute Gasteiger partial charge is 0.175 e. The molecule has 0 aliphatic carbocycles. The lowest BCUT2D eigenvalue weighted by molar-refractivity contribution is 0.143. The summed E-state index contributed by atoms with van der Waals surface area (Å²) in [5.41, 5.74) is 0.881. The highest BCUT2D eigenvalue weighted by Gasteiger charge is 2.20. The van der Waals surface area contributed by atoms with Gasteiger partial charge in [-0.05, 0) is 46.0 Å². The van der Waals surface area contributed by atoms with E-state index in [4.69, 9.17) is 9.47 Å². The second-order valence-corrected chi connectivity index (χ2v) is 5.65. The van der Waals surface area contributed by atoms with E-state index in [1.807, 2.05) is 12.1 Å². The Balaban J connectivity index is 2.21. The van der Waals surface area contributed by atoms with Gasteiger partial charge in [0, 0.05) is 0 Å². The van der Waals surface area contributed by atoms with E-state index in [2.05, 4.69) is 29.8 Å². The zero-order chi connectivity index (χ0) is 13.1. The second-order valence-electron chi connectivity index (χ2n) is 4.79. The summed E-state index contributed by atoms with van der Waals surface area (Å²) in [6, 6.07) is 3.80. The summed E-state index contributed by atoms with van der Waals surface area (Å²) in [7, 11) is 0. The van der Waals surface area contributed by atoms with Crippen molar-refractivity contribution in [1.29, 1.82) is 0 Å². The molecule has 0 fully saturated rings. The maximum absolute atomic E-state index is 10.2. The lowest BCUT2D eigenvalue weighted by Gasteiger charge is -2.22. The molecule has 2 unspecified atom stereocenters. The van der Waals surface area contributed by atoms with E-state index < -0.39 is 6.10 Å². The fourth-order valence-electron chi connectivity index (χ4n) is 2.01. The van der Waals surface area contributed by atoms with E-state index >= 15 is 0 Å². The average Bonchev–Trinajstić information content (AvgIpc) is 2.38. The van der Waals surface area contributed by atoms with Gasteiger partial charge < -0.3 is 14.6 Å². The zero-order valence-corrected chi connectivity index (χ0v) is 12.4. The van der Waals surface area contributed by atoms with Crippen LogP contribution >= 0.6 is 15.9 Å². The van der Waals surface area contributed by atoms with Crippen LogP contribution in [0.2, 0.25) is 0 Å². The van der Waals surface area contributed by atoms with Crippen molar-refractivity contribution in [2.24, 2.45) is 5.92 Å². The van der Waals surface area contributed by atoms with E-state index in [1.165, 1.54) is 0 Å². The molecule has 1 aromatic carbocycles. The molecule has 0 radical (unpaired) electrons. The molecule has 0 aromatic heterocycles. The first-order valence-electron chi connectivity index (χ1n) is 6.39. The standard InChI is InChI=1S/C14H19BrO3/c1-3-9(2)6-12(16)10-7-11(15)14-13(8-10)17-4-5-18-14/h7-9,12,16H,3-6H2,1-2H3. The van der Waals surface area contributed by atoms with Crippen LogP contribution in [0.4, 0.5) is 0 Å². The van der Waals surface area contributed by atoms with E-state index in [0.717, 1.165) is 28.6 Å². The Bertz CT molecular complexity index is 420. The second kappa shape index (κ2) is 5.93. The summed E-state index contributed by atoms with van der Waals surface area (Å²) in [5.74, 6) is 1.96. The monoisotopic (exact) mass is 314 g/mol. The average molecular weight is 315 g/mol. The molecule has 1 N–H and O–H groups in total. The van der Waals surface area contributed by atoms with Gasteiger partial charge in [0.15, 0.2) is 11.5 Å². The number of fused-ring (bicyclic) bond motifs is 1. The van der Waals surface area contributed by atoms with E-state index in [1.54, 1.807) is 0 Å². The van der Waals surface area contributed by atoms with Gasteiger partial charge in [0.05, 0.1) is 10.6 Å². The summed E-state index contributed by atoms with van der Waals surface area (Å²) in [5, 5.41) is 10.2. The summed E-state index contributed by atoms with van der Waals surface area (Å²) in [6.07, 6.45) is 1.39. The predicted octanol–water partition coefficient (Wildman–Crippen LogP) is 3.69. The SMILES string of the molecule is CCC(C)CC(O)c1cc(Br)c2c(c1)OCCO2. The molecule has 0 spiro atoms. The van der Waals surface area contributed by atoms with Gasteiger partial charge in [0.25, 0.3) is 0 Å². The number of halogens is 1. The van der Waals surface area contributed by atoms with Crippen molar-refractivity contribution in [3.63, 3.8) is 0 Å². The van der Waals surface area contributed by atoms with Crippen LogP contribution in [0.15, 0.2) is 16.6 Å². The van der Waals surface area contributed by atoms with Gasteiger partial charge in [-0.3, -0.25) is 0 Å². The van der Waals surface area contributed by atoms with Gasteiger partial charge in [-0.2, -0.15) is 0 Å². The molecule has 0 amide bonds. The molecule has 1 aromatic rings. The van der Waals surface area contributed by atoms with E-state index in [0.29, 0.717) is 24.9 Å². The summed E-state index contributed by atoms with van der Waals surface area (Å²) in [6.45, 7) is 5.41. The maximum Gasteiger partial charge on any atom is 0.175 e. The van der Waals surface area contributed by atoms with Crippen molar-refractivity contribution in [2.45, 2.75) is 32.8 Å². The molecular formula is C14H19BrO3. The number of benzene rings is 1. The van der Waals surface area contributed by atoms with Crippen LogP contribution in [0.25, 0.3) is 0 Å². The molecule has 18 heavy (non-hydrogen) atoms. The molecule has 0 saturated heterocycles. The Kier molecular flexibility index (Phi) is 4.51. The van der Waals surface area contributed by atoms with Gasteiger partial charge in [-0.25, -0.2) is 0 Å². The minimum absolute atomic E-state index is 0.452. The summed E-state index contributed by atoms with van der Waals surface area (Å²) < 4.78 is 11.9. The van der Waals surface area contributed by atoms with Crippen LogP contribution < -0.4 is 9.47 Å². The first-order valence-corrected chi connectivity index (χ1v) is 7.18. The topological polar surface area (TPSA) is 38.7 Å². The zero-order valence-electron chi connectivity index (χ0n) is 10.8. The molecule has 1 aliphatic heterocycles. The minimum Gasteiger partial charge on any atom is -0.486 e. The molecule has 2 atom stereocenters. The van der Waals surface area contributed by atoms with Gasteiger partial charge in [-0.15, -0.1) is 0 Å². The number of aliphatic hydroxyl groups is 1. The molecule has 100 valence electrons. The summed E-state index contributed by atoms with van der Waals surface area (Å²) >= 11 is 3.47. The number of aliphatic hydroxyl groups excluding tert-OH is 1. The van der Waals surface area contributed by atoms with Crippen molar-refractivity contribution in [3.8, 4) is 11.5 Å². The highest BCUT2D eigenvalue weighted by molar-refractivity contribution is 9.10. The molecule has 0 bridgehead atoms. The van der Waals surface area contributed by atoms with Crippen LogP contribution in [-0.2, 0) is 0 Å². The Hall–Kier alpha value is -0.740. The fraction of sp³-hybridized carbons (Fsp3) is 0.571. The fourth-order valence-corrected chi connectivity index (χ4v) is 2.58. The highest BCUT2D eigenvalue weighted by Crippen LogP contribution is 2.40. The number of hydrogen-bond acceptors (Lipinski definition) is 3. The molecule has 0 saturated carbocycles. The Morgan fingerprint density at radius 1 is 1.33 bits per heavy atom. The molecule has 3 nitrogen and oxygen atoms in total. The van der Waals surface area contributed by atoms with Crippen LogP contribution in [0.3, 0.4) is 0 Å². The van der Waals surface area contributed by atoms with Crippen LogP contribution in [0.1, 0.15) is 38.4 Å². The molecule has 2 rings (SSSR count). The Labute approximate surface area is 116 Å².